The van der Waals surface area contributed by atoms with Crippen LogP contribution in [0.2, 0.25) is 5.15 Å². The highest BCUT2D eigenvalue weighted by Crippen LogP contribution is 2.20. The van der Waals surface area contributed by atoms with Crippen molar-refractivity contribution in [2.75, 3.05) is 6.54 Å². The highest BCUT2D eigenvalue weighted by molar-refractivity contribution is 7.89. The summed E-state index contributed by atoms with van der Waals surface area (Å²) in [4.78, 5) is 16.2. The molecule has 3 rings (SSSR count). The number of aryl methyl sites for hydroxylation is 1. The van der Waals surface area contributed by atoms with Crippen LogP contribution in [0.4, 0.5) is 0 Å². The van der Waals surface area contributed by atoms with Gasteiger partial charge in [-0.15, -0.1) is 0 Å². The van der Waals surface area contributed by atoms with E-state index in [0.29, 0.717) is 5.56 Å². The quantitative estimate of drug-likeness (QED) is 0.366. The second-order valence-corrected chi connectivity index (χ2v) is 8.12. The second kappa shape index (κ2) is 8.47. The van der Waals surface area contributed by atoms with Crippen LogP contribution in [0.1, 0.15) is 11.1 Å². The van der Waals surface area contributed by atoms with Gasteiger partial charge in [-0.05, 0) is 36.8 Å². The first-order valence-corrected chi connectivity index (χ1v) is 10.1. The van der Waals surface area contributed by atoms with E-state index in [2.05, 4.69) is 20.2 Å². The molecule has 0 saturated heterocycles. The second-order valence-electron chi connectivity index (χ2n) is 6.00. The molecule has 7 nitrogen and oxygen atoms in total. The van der Waals surface area contributed by atoms with Crippen molar-refractivity contribution in [1.82, 2.24) is 15.1 Å². The first-order valence-electron chi connectivity index (χ1n) is 8.29. The highest BCUT2D eigenvalue weighted by Gasteiger charge is 2.14. The van der Waals surface area contributed by atoms with E-state index in [1.165, 1.54) is 18.3 Å². The van der Waals surface area contributed by atoms with Gasteiger partial charge < -0.3 is 0 Å². The van der Waals surface area contributed by atoms with Crippen LogP contribution in [-0.4, -0.2) is 32.1 Å². The molecule has 0 unspecified atom stereocenters. The minimum Gasteiger partial charge on any atom is -0.272 e. The van der Waals surface area contributed by atoms with E-state index >= 15 is 0 Å². The van der Waals surface area contributed by atoms with Crippen LogP contribution in [0.5, 0.6) is 0 Å². The minimum absolute atomic E-state index is 0.0792. The fraction of sp³-hybridized carbons (Fsp3) is 0.105. The molecule has 1 aromatic heterocycles. The van der Waals surface area contributed by atoms with Crippen LogP contribution in [0.25, 0.3) is 10.9 Å². The molecular weight excluding hydrogens is 400 g/mol. The average molecular weight is 417 g/mol. The lowest BCUT2D eigenvalue weighted by Gasteiger charge is -2.06. The largest absolute Gasteiger partial charge is 0.272 e. The summed E-state index contributed by atoms with van der Waals surface area (Å²) in [5.41, 5.74) is 4.62. The summed E-state index contributed by atoms with van der Waals surface area (Å²) in [6, 6.07) is 15.4. The number of hydrogen-bond donors (Lipinski definition) is 2. The first kappa shape index (κ1) is 19.9. The van der Waals surface area contributed by atoms with E-state index in [-0.39, 0.29) is 10.0 Å². The van der Waals surface area contributed by atoms with Gasteiger partial charge >= 0.3 is 0 Å². The molecule has 3 aromatic rings. The molecule has 0 fully saturated rings. The molecule has 2 N–H and O–H groups in total. The summed E-state index contributed by atoms with van der Waals surface area (Å²) >= 11 is 6.15. The summed E-state index contributed by atoms with van der Waals surface area (Å²) in [7, 11) is -3.76. The number of pyridine rings is 1. The van der Waals surface area contributed by atoms with Gasteiger partial charge in [-0.25, -0.2) is 23.5 Å². The zero-order valence-corrected chi connectivity index (χ0v) is 16.5. The molecule has 9 heteroatoms. The SMILES string of the molecule is Cc1ccc2cc(C=NNC(=O)CNS(=O)(=O)c3ccccc3)c(Cl)nc2c1. The van der Waals surface area contributed by atoms with Crippen molar-refractivity contribution >= 4 is 44.6 Å². The maximum atomic E-state index is 12.1. The van der Waals surface area contributed by atoms with Crippen molar-refractivity contribution < 1.29 is 13.2 Å². The van der Waals surface area contributed by atoms with Crippen molar-refractivity contribution in [2.45, 2.75) is 11.8 Å². The average Bonchev–Trinajstić information content (AvgIpc) is 2.67. The number of halogens is 1. The standard InChI is InChI=1S/C19H17ClN4O3S/c1-13-7-8-14-10-15(19(20)23-17(14)9-13)11-21-24-18(25)12-22-28(26,27)16-5-3-2-4-6-16/h2-11,22H,12H2,1H3,(H,24,25). The predicted octanol–water partition coefficient (Wildman–Crippen LogP) is 2.63. The number of carbonyl (C=O) groups excluding carboxylic acids is 1. The molecule has 1 heterocycles. The Kier molecular flexibility index (Phi) is 6.03. The number of hydrazone groups is 1. The first-order chi connectivity index (χ1) is 13.3. The van der Waals surface area contributed by atoms with Crippen LogP contribution < -0.4 is 10.1 Å². The lowest BCUT2D eigenvalue weighted by atomic mass is 10.1. The number of carbonyl (C=O) groups is 1. The normalized spacial score (nSPS) is 11.8. The molecule has 28 heavy (non-hydrogen) atoms. The molecule has 0 aliphatic carbocycles. The van der Waals surface area contributed by atoms with Gasteiger partial charge in [0.05, 0.1) is 23.2 Å². The maximum absolute atomic E-state index is 12.1. The van der Waals surface area contributed by atoms with Gasteiger partial charge in [-0.3, -0.25) is 4.79 Å². The Labute approximate surface area is 167 Å². The van der Waals surface area contributed by atoms with Crippen LogP contribution in [0.15, 0.2) is 64.6 Å². The zero-order chi connectivity index (χ0) is 20.1. The van der Waals surface area contributed by atoms with Crippen LogP contribution in [-0.2, 0) is 14.8 Å². The topological polar surface area (TPSA) is 101 Å². The molecule has 0 radical (unpaired) electrons. The van der Waals surface area contributed by atoms with Crippen LogP contribution >= 0.6 is 11.6 Å². The molecule has 1 amide bonds. The molecule has 2 aromatic carbocycles. The Morgan fingerprint density at radius 1 is 1.18 bits per heavy atom. The molecule has 0 spiro atoms. The summed E-state index contributed by atoms with van der Waals surface area (Å²) in [5.74, 6) is -0.615. The third kappa shape index (κ3) is 4.92. The van der Waals surface area contributed by atoms with Gasteiger partial charge in [0.1, 0.15) is 5.15 Å². The van der Waals surface area contributed by atoms with E-state index in [1.807, 2.05) is 25.1 Å². The van der Waals surface area contributed by atoms with Gasteiger partial charge in [0.2, 0.25) is 10.0 Å². The summed E-state index contributed by atoms with van der Waals surface area (Å²) in [6.07, 6.45) is 1.36. The fourth-order valence-corrected chi connectivity index (χ4v) is 3.62. The summed E-state index contributed by atoms with van der Waals surface area (Å²) in [5, 5.41) is 4.95. The van der Waals surface area contributed by atoms with Gasteiger partial charge in [-0.2, -0.15) is 5.10 Å². The van der Waals surface area contributed by atoms with E-state index in [4.69, 9.17) is 11.6 Å². The number of rotatable bonds is 6. The molecule has 0 saturated carbocycles. The van der Waals surface area contributed by atoms with E-state index in [9.17, 15) is 13.2 Å². The summed E-state index contributed by atoms with van der Waals surface area (Å²) < 4.78 is 26.4. The van der Waals surface area contributed by atoms with Gasteiger partial charge in [0, 0.05) is 10.9 Å². The van der Waals surface area contributed by atoms with E-state index < -0.39 is 22.5 Å². The smallest absolute Gasteiger partial charge is 0.255 e. The lowest BCUT2D eigenvalue weighted by Crippen LogP contribution is -2.34. The number of hydrogen-bond acceptors (Lipinski definition) is 5. The Morgan fingerprint density at radius 3 is 2.68 bits per heavy atom. The zero-order valence-electron chi connectivity index (χ0n) is 14.9. The van der Waals surface area contributed by atoms with Crippen LogP contribution in [0, 0.1) is 6.92 Å². The fourth-order valence-electron chi connectivity index (χ4n) is 2.42. The highest BCUT2D eigenvalue weighted by atomic mass is 35.5. The minimum atomic E-state index is -3.76. The Balaban J connectivity index is 1.61. The number of aromatic nitrogens is 1. The van der Waals surface area contributed by atoms with E-state index in [1.54, 1.807) is 24.3 Å². The van der Waals surface area contributed by atoms with Crippen molar-refractivity contribution in [3.63, 3.8) is 0 Å². The number of amides is 1. The molecule has 0 atom stereocenters. The molecule has 144 valence electrons. The van der Waals surface area contributed by atoms with Crippen molar-refractivity contribution in [2.24, 2.45) is 5.10 Å². The lowest BCUT2D eigenvalue weighted by molar-refractivity contribution is -0.119. The molecular formula is C19H17ClN4O3S. The maximum Gasteiger partial charge on any atom is 0.255 e. The van der Waals surface area contributed by atoms with Crippen molar-refractivity contribution in [3.05, 3.63) is 70.9 Å². The Morgan fingerprint density at radius 2 is 1.93 bits per heavy atom. The molecule has 0 aliphatic heterocycles. The number of benzene rings is 2. The Bertz CT molecular complexity index is 1150. The summed E-state index contributed by atoms with van der Waals surface area (Å²) in [6.45, 7) is 1.52. The third-order valence-corrected chi connectivity index (χ3v) is 5.54. The van der Waals surface area contributed by atoms with Gasteiger partial charge in [0.25, 0.3) is 5.91 Å². The third-order valence-electron chi connectivity index (χ3n) is 3.82. The number of fused-ring (bicyclic) bond motifs is 1. The van der Waals surface area contributed by atoms with Gasteiger partial charge in [-0.1, -0.05) is 41.9 Å². The molecule has 0 aliphatic rings. The number of nitrogens with zero attached hydrogens (tertiary/aromatic N) is 2. The predicted molar refractivity (Wildman–Crippen MR) is 109 cm³/mol. The number of sulfonamides is 1. The van der Waals surface area contributed by atoms with Crippen LogP contribution in [0.3, 0.4) is 0 Å². The number of nitrogens with one attached hydrogen (secondary N) is 2. The molecule has 0 bridgehead atoms. The van der Waals surface area contributed by atoms with Gasteiger partial charge in [0.15, 0.2) is 0 Å². The van der Waals surface area contributed by atoms with E-state index in [0.717, 1.165) is 16.5 Å². The van der Waals surface area contributed by atoms with Crippen molar-refractivity contribution in [1.29, 1.82) is 0 Å². The van der Waals surface area contributed by atoms with Crippen molar-refractivity contribution in [3.8, 4) is 0 Å². The monoisotopic (exact) mass is 416 g/mol. The Hall–Kier alpha value is -2.81.